The van der Waals surface area contributed by atoms with Crippen molar-refractivity contribution in [2.24, 2.45) is 0 Å². The molecule has 0 saturated carbocycles. The van der Waals surface area contributed by atoms with Gasteiger partial charge in [0.05, 0.1) is 12.8 Å². The van der Waals surface area contributed by atoms with Gasteiger partial charge in [0, 0.05) is 24.2 Å². The minimum absolute atomic E-state index is 0.0916. The third kappa shape index (κ3) is 3.89. The van der Waals surface area contributed by atoms with Crippen LogP contribution in [-0.4, -0.2) is 20.1 Å². The second-order valence-electron chi connectivity index (χ2n) is 4.47. The number of methoxy groups -OCH3 is 1. The van der Waals surface area contributed by atoms with Gasteiger partial charge in [-0.1, -0.05) is 23.7 Å². The Morgan fingerprint density at radius 1 is 1.19 bits per heavy atom. The fraction of sp³-hybridized carbons (Fsp3) is 0.188. The van der Waals surface area contributed by atoms with E-state index in [4.69, 9.17) is 16.3 Å². The maximum absolute atomic E-state index is 11.5. The van der Waals surface area contributed by atoms with Crippen molar-refractivity contribution in [3.05, 3.63) is 58.6 Å². The lowest BCUT2D eigenvalue weighted by atomic mass is 10.1. The summed E-state index contributed by atoms with van der Waals surface area (Å²) in [6.45, 7) is 0.616. The molecule has 2 rings (SSSR count). The Kier molecular flexibility index (Phi) is 5.06. The fourth-order valence-corrected chi connectivity index (χ4v) is 2.11. The molecule has 0 aliphatic carbocycles. The molecule has 4 nitrogen and oxygen atoms in total. The Morgan fingerprint density at radius 2 is 1.90 bits per heavy atom. The van der Waals surface area contributed by atoms with Crippen LogP contribution in [0, 0.1) is 0 Å². The van der Waals surface area contributed by atoms with Crippen molar-refractivity contribution in [1.82, 2.24) is 5.32 Å². The molecular formula is C16H17ClN2O2. The summed E-state index contributed by atoms with van der Waals surface area (Å²) in [5.41, 5.74) is 2.53. The summed E-state index contributed by atoms with van der Waals surface area (Å²) in [5, 5.41) is 6.51. The topological polar surface area (TPSA) is 50.4 Å². The molecule has 21 heavy (non-hydrogen) atoms. The molecule has 2 aromatic rings. The number of halogens is 1. The van der Waals surface area contributed by atoms with E-state index in [9.17, 15) is 4.79 Å². The summed E-state index contributed by atoms with van der Waals surface area (Å²) in [5.74, 6) is 0.646. The quantitative estimate of drug-likeness (QED) is 0.891. The van der Waals surface area contributed by atoms with Crippen molar-refractivity contribution in [2.75, 3.05) is 19.5 Å². The Morgan fingerprint density at radius 3 is 2.52 bits per heavy atom. The number of benzene rings is 2. The van der Waals surface area contributed by atoms with Crippen LogP contribution in [0.4, 0.5) is 5.69 Å². The molecule has 0 atom stereocenters. The summed E-state index contributed by atoms with van der Waals surface area (Å²) < 4.78 is 5.28. The van der Waals surface area contributed by atoms with Crippen LogP contribution >= 0.6 is 11.6 Å². The molecule has 0 saturated heterocycles. The standard InChI is InChI=1S/C16H17ClN2O2/c1-18-16(20)12-5-3-11(4-6-12)10-19-14-9-13(17)7-8-15(14)21-2/h3-9,19H,10H2,1-2H3,(H,18,20). The summed E-state index contributed by atoms with van der Waals surface area (Å²) in [4.78, 5) is 11.5. The molecule has 1 amide bonds. The van der Waals surface area contributed by atoms with Crippen molar-refractivity contribution < 1.29 is 9.53 Å². The van der Waals surface area contributed by atoms with Crippen LogP contribution in [0.2, 0.25) is 5.02 Å². The zero-order valence-corrected chi connectivity index (χ0v) is 12.7. The lowest BCUT2D eigenvalue weighted by Crippen LogP contribution is -2.17. The van der Waals surface area contributed by atoms with Crippen LogP contribution in [-0.2, 0) is 6.54 Å². The molecule has 110 valence electrons. The normalized spacial score (nSPS) is 10.0. The monoisotopic (exact) mass is 304 g/mol. The van der Waals surface area contributed by atoms with Crippen LogP contribution in [0.3, 0.4) is 0 Å². The van der Waals surface area contributed by atoms with Gasteiger partial charge < -0.3 is 15.4 Å². The molecule has 5 heteroatoms. The lowest BCUT2D eigenvalue weighted by molar-refractivity contribution is 0.0963. The van der Waals surface area contributed by atoms with E-state index < -0.39 is 0 Å². The summed E-state index contributed by atoms with van der Waals surface area (Å²) >= 11 is 5.99. The Bertz CT molecular complexity index is 627. The third-order valence-electron chi connectivity index (χ3n) is 3.09. The van der Waals surface area contributed by atoms with Gasteiger partial charge in [-0.05, 0) is 35.9 Å². The van der Waals surface area contributed by atoms with Gasteiger partial charge in [-0.2, -0.15) is 0 Å². The largest absolute Gasteiger partial charge is 0.495 e. The summed E-state index contributed by atoms with van der Waals surface area (Å²) in [6, 6.07) is 12.8. The summed E-state index contributed by atoms with van der Waals surface area (Å²) in [7, 11) is 3.23. The minimum atomic E-state index is -0.0916. The van der Waals surface area contributed by atoms with Gasteiger partial charge in [-0.3, -0.25) is 4.79 Å². The number of carbonyl (C=O) groups is 1. The first kappa shape index (κ1) is 15.2. The van der Waals surface area contributed by atoms with Crippen LogP contribution in [0.25, 0.3) is 0 Å². The molecular weight excluding hydrogens is 288 g/mol. The minimum Gasteiger partial charge on any atom is -0.495 e. The van der Waals surface area contributed by atoms with Gasteiger partial charge in [0.2, 0.25) is 0 Å². The van der Waals surface area contributed by atoms with Gasteiger partial charge >= 0.3 is 0 Å². The SMILES string of the molecule is CNC(=O)c1ccc(CNc2cc(Cl)ccc2OC)cc1. The molecule has 0 spiro atoms. The van der Waals surface area contributed by atoms with Crippen molar-refractivity contribution in [3.63, 3.8) is 0 Å². The van der Waals surface area contributed by atoms with Gasteiger partial charge in [0.15, 0.2) is 0 Å². The van der Waals surface area contributed by atoms with Crippen LogP contribution in [0.15, 0.2) is 42.5 Å². The molecule has 2 N–H and O–H groups in total. The van der Waals surface area contributed by atoms with E-state index in [1.54, 1.807) is 32.4 Å². The maximum atomic E-state index is 11.5. The summed E-state index contributed by atoms with van der Waals surface area (Å²) in [6.07, 6.45) is 0. The maximum Gasteiger partial charge on any atom is 0.251 e. The van der Waals surface area contributed by atoms with E-state index in [2.05, 4.69) is 10.6 Å². The highest BCUT2D eigenvalue weighted by molar-refractivity contribution is 6.30. The highest BCUT2D eigenvalue weighted by Crippen LogP contribution is 2.28. The molecule has 0 heterocycles. The van der Waals surface area contributed by atoms with Gasteiger partial charge in [-0.15, -0.1) is 0 Å². The number of nitrogens with one attached hydrogen (secondary N) is 2. The van der Waals surface area contributed by atoms with Gasteiger partial charge in [0.1, 0.15) is 5.75 Å². The van der Waals surface area contributed by atoms with E-state index in [0.717, 1.165) is 17.0 Å². The van der Waals surface area contributed by atoms with E-state index in [1.807, 2.05) is 24.3 Å². The molecule has 0 aromatic heterocycles. The van der Waals surface area contributed by atoms with Gasteiger partial charge in [0.25, 0.3) is 5.91 Å². The number of carbonyl (C=O) groups excluding carboxylic acids is 1. The fourth-order valence-electron chi connectivity index (χ4n) is 1.93. The highest BCUT2D eigenvalue weighted by atomic mass is 35.5. The zero-order valence-electron chi connectivity index (χ0n) is 11.9. The van der Waals surface area contributed by atoms with E-state index in [1.165, 1.54) is 0 Å². The molecule has 0 bridgehead atoms. The van der Waals surface area contributed by atoms with E-state index in [-0.39, 0.29) is 5.91 Å². The predicted octanol–water partition coefficient (Wildman–Crippen LogP) is 3.32. The van der Waals surface area contributed by atoms with Crippen molar-refractivity contribution in [2.45, 2.75) is 6.54 Å². The first-order valence-corrected chi connectivity index (χ1v) is 6.90. The van der Waals surface area contributed by atoms with Crippen molar-refractivity contribution in [1.29, 1.82) is 0 Å². The molecule has 0 radical (unpaired) electrons. The number of hydrogen-bond acceptors (Lipinski definition) is 3. The zero-order chi connectivity index (χ0) is 15.2. The Balaban J connectivity index is 2.06. The second-order valence-corrected chi connectivity index (χ2v) is 4.91. The van der Waals surface area contributed by atoms with Crippen molar-refractivity contribution in [3.8, 4) is 5.75 Å². The first-order chi connectivity index (χ1) is 10.1. The van der Waals surface area contributed by atoms with Crippen LogP contribution < -0.4 is 15.4 Å². The molecule has 0 fully saturated rings. The Hall–Kier alpha value is -2.20. The Labute approximate surface area is 129 Å². The average molecular weight is 305 g/mol. The molecule has 0 unspecified atom stereocenters. The molecule has 0 aliphatic heterocycles. The van der Waals surface area contributed by atoms with Crippen molar-refractivity contribution >= 4 is 23.2 Å². The number of anilines is 1. The number of rotatable bonds is 5. The van der Waals surface area contributed by atoms with E-state index in [0.29, 0.717) is 17.1 Å². The van der Waals surface area contributed by atoms with Gasteiger partial charge in [-0.25, -0.2) is 0 Å². The lowest BCUT2D eigenvalue weighted by Gasteiger charge is -2.12. The smallest absolute Gasteiger partial charge is 0.251 e. The second kappa shape index (κ2) is 6.99. The number of hydrogen-bond donors (Lipinski definition) is 2. The van der Waals surface area contributed by atoms with Crippen LogP contribution in [0.5, 0.6) is 5.75 Å². The molecule has 2 aromatic carbocycles. The number of amides is 1. The number of ether oxygens (including phenoxy) is 1. The average Bonchev–Trinajstić information content (AvgIpc) is 2.52. The predicted molar refractivity (Wildman–Crippen MR) is 85.2 cm³/mol. The van der Waals surface area contributed by atoms with Crippen LogP contribution in [0.1, 0.15) is 15.9 Å². The third-order valence-corrected chi connectivity index (χ3v) is 3.32. The highest BCUT2D eigenvalue weighted by Gasteiger charge is 2.05. The molecule has 0 aliphatic rings. The van der Waals surface area contributed by atoms with E-state index >= 15 is 0 Å². The first-order valence-electron chi connectivity index (χ1n) is 6.52.